The Labute approximate surface area is 124 Å². The van der Waals surface area contributed by atoms with E-state index in [1.807, 2.05) is 24.3 Å². The zero-order valence-corrected chi connectivity index (χ0v) is 12.0. The maximum Gasteiger partial charge on any atom is 0.227 e. The summed E-state index contributed by atoms with van der Waals surface area (Å²) in [6.07, 6.45) is 2.81. The van der Waals surface area contributed by atoms with E-state index in [0.29, 0.717) is 13.1 Å². The fraction of sp³-hybridized carbons (Fsp3) is 0.500. The Morgan fingerprint density at radius 2 is 1.76 bits per heavy atom. The van der Waals surface area contributed by atoms with Crippen molar-refractivity contribution in [3.8, 4) is 0 Å². The molecule has 0 radical (unpaired) electrons. The van der Waals surface area contributed by atoms with Gasteiger partial charge in [0, 0.05) is 31.2 Å². The molecule has 0 saturated heterocycles. The van der Waals surface area contributed by atoms with E-state index in [0.717, 1.165) is 37.1 Å². The van der Waals surface area contributed by atoms with Crippen LogP contribution in [0.5, 0.6) is 0 Å². The molecule has 1 fully saturated rings. The molecule has 5 heteroatoms. The van der Waals surface area contributed by atoms with Crippen molar-refractivity contribution in [1.82, 2.24) is 10.6 Å². The number of benzene rings is 1. The highest BCUT2D eigenvalue weighted by Gasteiger charge is 2.29. The number of fused-ring (bicyclic) bond motifs is 1. The Kier molecular flexibility index (Phi) is 4.08. The van der Waals surface area contributed by atoms with Crippen LogP contribution < -0.4 is 16.0 Å². The first kappa shape index (κ1) is 13.9. The van der Waals surface area contributed by atoms with Crippen molar-refractivity contribution < 1.29 is 9.59 Å². The van der Waals surface area contributed by atoms with E-state index in [-0.39, 0.29) is 23.7 Å². The SMILES string of the molecule is O=C(NCCNC(=O)C1CCNc2ccccc21)C1CC1. The van der Waals surface area contributed by atoms with Crippen molar-refractivity contribution in [2.45, 2.75) is 25.2 Å². The van der Waals surface area contributed by atoms with E-state index < -0.39 is 0 Å². The highest BCUT2D eigenvalue weighted by molar-refractivity contribution is 5.86. The maximum atomic E-state index is 12.3. The van der Waals surface area contributed by atoms with Crippen LogP contribution in [0.1, 0.15) is 30.7 Å². The second-order valence-corrected chi connectivity index (χ2v) is 5.71. The summed E-state index contributed by atoms with van der Waals surface area (Å²) in [5.41, 5.74) is 2.11. The first-order valence-electron chi connectivity index (χ1n) is 7.64. The number of hydrogen-bond donors (Lipinski definition) is 3. The van der Waals surface area contributed by atoms with Gasteiger partial charge in [0.2, 0.25) is 11.8 Å². The van der Waals surface area contributed by atoms with E-state index in [2.05, 4.69) is 16.0 Å². The number of para-hydroxylation sites is 1. The van der Waals surface area contributed by atoms with Crippen LogP contribution in [0.3, 0.4) is 0 Å². The van der Waals surface area contributed by atoms with Crippen molar-refractivity contribution in [2.24, 2.45) is 5.92 Å². The Balaban J connectivity index is 1.48. The molecule has 1 atom stereocenters. The first-order chi connectivity index (χ1) is 10.3. The topological polar surface area (TPSA) is 70.2 Å². The molecule has 1 saturated carbocycles. The van der Waals surface area contributed by atoms with E-state index in [9.17, 15) is 9.59 Å². The molecule has 1 heterocycles. The lowest BCUT2D eigenvalue weighted by atomic mass is 9.90. The molecule has 5 nitrogen and oxygen atoms in total. The second-order valence-electron chi connectivity index (χ2n) is 5.71. The van der Waals surface area contributed by atoms with Crippen LogP contribution in [0.4, 0.5) is 5.69 Å². The number of amides is 2. The average molecular weight is 287 g/mol. The lowest BCUT2D eigenvalue weighted by Crippen LogP contribution is -2.38. The minimum Gasteiger partial charge on any atom is -0.385 e. The van der Waals surface area contributed by atoms with E-state index in [4.69, 9.17) is 0 Å². The molecule has 112 valence electrons. The van der Waals surface area contributed by atoms with Crippen molar-refractivity contribution in [3.05, 3.63) is 29.8 Å². The molecule has 1 aliphatic heterocycles. The molecule has 1 unspecified atom stereocenters. The fourth-order valence-electron chi connectivity index (χ4n) is 2.73. The van der Waals surface area contributed by atoms with Gasteiger partial charge in [-0.05, 0) is 30.9 Å². The quantitative estimate of drug-likeness (QED) is 0.713. The van der Waals surface area contributed by atoms with Gasteiger partial charge in [-0.15, -0.1) is 0 Å². The number of hydrogen-bond acceptors (Lipinski definition) is 3. The number of rotatable bonds is 5. The van der Waals surface area contributed by atoms with Crippen LogP contribution in [-0.4, -0.2) is 31.4 Å². The van der Waals surface area contributed by atoms with Gasteiger partial charge in [-0.3, -0.25) is 9.59 Å². The lowest BCUT2D eigenvalue weighted by molar-refractivity contribution is -0.124. The van der Waals surface area contributed by atoms with Gasteiger partial charge in [-0.25, -0.2) is 0 Å². The van der Waals surface area contributed by atoms with Gasteiger partial charge in [0.15, 0.2) is 0 Å². The minimum absolute atomic E-state index is 0.0459. The molecular weight excluding hydrogens is 266 g/mol. The summed E-state index contributed by atoms with van der Waals surface area (Å²) in [5.74, 6) is 0.291. The highest BCUT2D eigenvalue weighted by Crippen LogP contribution is 2.31. The fourth-order valence-corrected chi connectivity index (χ4v) is 2.73. The minimum atomic E-state index is -0.0958. The molecule has 2 aliphatic rings. The molecule has 3 rings (SSSR count). The number of carbonyl (C=O) groups is 2. The number of nitrogens with one attached hydrogen (secondary N) is 3. The molecular formula is C16H21N3O2. The zero-order valence-electron chi connectivity index (χ0n) is 12.0. The Morgan fingerprint density at radius 3 is 2.52 bits per heavy atom. The summed E-state index contributed by atoms with van der Waals surface area (Å²) in [6.45, 7) is 1.81. The van der Waals surface area contributed by atoms with Crippen molar-refractivity contribution >= 4 is 17.5 Å². The van der Waals surface area contributed by atoms with Gasteiger partial charge in [0.05, 0.1) is 5.92 Å². The van der Waals surface area contributed by atoms with E-state index in [1.165, 1.54) is 0 Å². The summed E-state index contributed by atoms with van der Waals surface area (Å²) in [6, 6.07) is 7.94. The average Bonchev–Trinajstić information content (AvgIpc) is 3.35. The Morgan fingerprint density at radius 1 is 1.05 bits per heavy atom. The third-order valence-electron chi connectivity index (χ3n) is 4.07. The van der Waals surface area contributed by atoms with Gasteiger partial charge in [0.1, 0.15) is 0 Å². The molecule has 21 heavy (non-hydrogen) atoms. The van der Waals surface area contributed by atoms with Gasteiger partial charge < -0.3 is 16.0 Å². The molecule has 2 amide bonds. The second kappa shape index (κ2) is 6.16. The van der Waals surface area contributed by atoms with Crippen LogP contribution in [0.25, 0.3) is 0 Å². The molecule has 0 aromatic heterocycles. The summed E-state index contributed by atoms with van der Waals surface area (Å²) < 4.78 is 0. The third kappa shape index (κ3) is 3.35. The van der Waals surface area contributed by atoms with Crippen molar-refractivity contribution in [2.75, 3.05) is 25.0 Å². The largest absolute Gasteiger partial charge is 0.385 e. The predicted octanol–water partition coefficient (Wildman–Crippen LogP) is 1.23. The van der Waals surface area contributed by atoms with Gasteiger partial charge in [-0.2, -0.15) is 0 Å². The molecule has 0 spiro atoms. The van der Waals surface area contributed by atoms with Gasteiger partial charge >= 0.3 is 0 Å². The van der Waals surface area contributed by atoms with Crippen LogP contribution >= 0.6 is 0 Å². The lowest BCUT2D eigenvalue weighted by Gasteiger charge is -2.25. The van der Waals surface area contributed by atoms with Gasteiger partial charge in [0.25, 0.3) is 0 Å². The molecule has 1 aromatic rings. The van der Waals surface area contributed by atoms with Crippen molar-refractivity contribution in [1.29, 1.82) is 0 Å². The Hall–Kier alpha value is -2.04. The standard InChI is InChI=1S/C16H21N3O2/c20-15(11-5-6-11)18-9-10-19-16(21)13-7-8-17-14-4-2-1-3-12(13)14/h1-4,11,13,17H,5-10H2,(H,18,20)(H,19,21). The normalized spacial score (nSPS) is 20.1. The third-order valence-corrected chi connectivity index (χ3v) is 4.07. The number of carbonyl (C=O) groups excluding carboxylic acids is 2. The number of anilines is 1. The Bertz CT molecular complexity index is 540. The highest BCUT2D eigenvalue weighted by atomic mass is 16.2. The zero-order chi connectivity index (χ0) is 14.7. The molecule has 1 aliphatic carbocycles. The summed E-state index contributed by atoms with van der Waals surface area (Å²) in [7, 11) is 0. The summed E-state index contributed by atoms with van der Waals surface area (Å²) in [4.78, 5) is 23.8. The smallest absolute Gasteiger partial charge is 0.227 e. The van der Waals surface area contributed by atoms with Crippen LogP contribution in [0.2, 0.25) is 0 Å². The van der Waals surface area contributed by atoms with Crippen LogP contribution in [-0.2, 0) is 9.59 Å². The monoisotopic (exact) mass is 287 g/mol. The van der Waals surface area contributed by atoms with Crippen molar-refractivity contribution in [3.63, 3.8) is 0 Å². The van der Waals surface area contributed by atoms with Crippen LogP contribution in [0.15, 0.2) is 24.3 Å². The van der Waals surface area contributed by atoms with Crippen LogP contribution in [0, 0.1) is 5.92 Å². The summed E-state index contributed by atoms with van der Waals surface area (Å²) in [5, 5.41) is 9.09. The van der Waals surface area contributed by atoms with Gasteiger partial charge in [-0.1, -0.05) is 18.2 Å². The van der Waals surface area contributed by atoms with E-state index in [1.54, 1.807) is 0 Å². The molecule has 0 bridgehead atoms. The predicted molar refractivity (Wildman–Crippen MR) is 81.0 cm³/mol. The summed E-state index contributed by atoms with van der Waals surface area (Å²) >= 11 is 0. The molecule has 3 N–H and O–H groups in total. The first-order valence-corrected chi connectivity index (χ1v) is 7.64. The molecule has 1 aromatic carbocycles. The van der Waals surface area contributed by atoms with E-state index >= 15 is 0 Å². The maximum absolute atomic E-state index is 12.3.